The third-order valence-electron chi connectivity index (χ3n) is 2.88. The molecule has 0 bridgehead atoms. The maximum absolute atomic E-state index is 9.28. The molecule has 2 aromatic heterocycles. The van der Waals surface area contributed by atoms with Crippen LogP contribution < -0.4 is 5.32 Å². The molecule has 1 atom stereocenters. The first kappa shape index (κ1) is 14.3. The minimum absolute atomic E-state index is 0.173. The highest BCUT2D eigenvalue weighted by molar-refractivity contribution is 7.99. The summed E-state index contributed by atoms with van der Waals surface area (Å²) in [5, 5.41) is 21.8. The van der Waals surface area contributed by atoms with E-state index in [-0.39, 0.29) is 12.6 Å². The van der Waals surface area contributed by atoms with Crippen LogP contribution in [0.15, 0.2) is 29.6 Å². The Morgan fingerprint density at radius 2 is 2.32 bits per heavy atom. The first-order chi connectivity index (χ1) is 9.35. The molecule has 0 aliphatic carbocycles. The van der Waals surface area contributed by atoms with Crippen LogP contribution in [0.25, 0.3) is 5.65 Å². The molecule has 0 aliphatic heterocycles. The fourth-order valence-electron chi connectivity index (χ4n) is 1.82. The number of nitrogens with zero attached hydrogens (tertiary/aromatic N) is 3. The molecule has 2 heterocycles. The molecular formula is C13H20N4OS. The van der Waals surface area contributed by atoms with E-state index in [0.717, 1.165) is 35.9 Å². The van der Waals surface area contributed by atoms with Gasteiger partial charge in [-0.15, -0.1) is 10.2 Å². The average molecular weight is 280 g/mol. The number of pyridine rings is 1. The molecule has 0 spiro atoms. The Hall–Kier alpha value is -1.11. The van der Waals surface area contributed by atoms with Gasteiger partial charge in [0.05, 0.1) is 6.61 Å². The molecule has 0 radical (unpaired) electrons. The second-order valence-electron chi connectivity index (χ2n) is 4.38. The predicted octanol–water partition coefficient (Wildman–Crippen LogP) is 1.57. The maximum atomic E-state index is 9.28. The number of aliphatic hydroxyl groups excluding tert-OH is 1. The van der Waals surface area contributed by atoms with Gasteiger partial charge in [-0.25, -0.2) is 0 Å². The van der Waals surface area contributed by atoms with Gasteiger partial charge in [-0.3, -0.25) is 4.40 Å². The standard InChI is InChI=1S/C13H20N4OS/c1-2-7-14-11(10-18)6-9-19-13-16-15-12-5-3-4-8-17(12)13/h3-5,8,11,14,18H,2,6-7,9-10H2,1H3. The van der Waals surface area contributed by atoms with Crippen molar-refractivity contribution in [2.45, 2.75) is 31.0 Å². The molecule has 0 saturated carbocycles. The van der Waals surface area contributed by atoms with E-state index in [9.17, 15) is 5.11 Å². The van der Waals surface area contributed by atoms with Crippen LogP contribution in [-0.4, -0.2) is 44.7 Å². The van der Waals surface area contributed by atoms with Crippen LogP contribution in [-0.2, 0) is 0 Å². The number of hydrogen-bond acceptors (Lipinski definition) is 5. The SMILES string of the molecule is CCCNC(CO)CCSc1nnc2ccccn12. The van der Waals surface area contributed by atoms with Crippen molar-refractivity contribution in [2.75, 3.05) is 18.9 Å². The summed E-state index contributed by atoms with van der Waals surface area (Å²) in [4.78, 5) is 0. The maximum Gasteiger partial charge on any atom is 0.195 e. The molecule has 104 valence electrons. The summed E-state index contributed by atoms with van der Waals surface area (Å²) < 4.78 is 1.98. The van der Waals surface area contributed by atoms with E-state index in [2.05, 4.69) is 22.4 Å². The Bertz CT molecular complexity index is 502. The van der Waals surface area contributed by atoms with Crippen molar-refractivity contribution >= 4 is 17.4 Å². The molecule has 1 unspecified atom stereocenters. The Balaban J connectivity index is 1.85. The lowest BCUT2D eigenvalue weighted by atomic mass is 10.2. The summed E-state index contributed by atoms with van der Waals surface area (Å²) in [6.07, 6.45) is 3.97. The van der Waals surface area contributed by atoms with Crippen molar-refractivity contribution in [1.82, 2.24) is 19.9 Å². The van der Waals surface area contributed by atoms with Crippen LogP contribution in [0, 0.1) is 0 Å². The van der Waals surface area contributed by atoms with Crippen LogP contribution in [0.5, 0.6) is 0 Å². The number of hydrogen-bond donors (Lipinski definition) is 2. The normalized spacial score (nSPS) is 12.9. The quantitative estimate of drug-likeness (QED) is 0.719. The van der Waals surface area contributed by atoms with E-state index < -0.39 is 0 Å². The van der Waals surface area contributed by atoms with Crippen molar-refractivity contribution in [3.8, 4) is 0 Å². The molecule has 0 fully saturated rings. The molecule has 0 aliphatic rings. The zero-order chi connectivity index (χ0) is 13.5. The van der Waals surface area contributed by atoms with Gasteiger partial charge in [-0.1, -0.05) is 24.8 Å². The zero-order valence-corrected chi connectivity index (χ0v) is 11.9. The Labute approximate surface area is 117 Å². The van der Waals surface area contributed by atoms with Crippen LogP contribution in [0.3, 0.4) is 0 Å². The van der Waals surface area contributed by atoms with Gasteiger partial charge in [0, 0.05) is 18.0 Å². The summed E-state index contributed by atoms with van der Waals surface area (Å²) in [5.41, 5.74) is 0.868. The second kappa shape index (κ2) is 7.47. The van der Waals surface area contributed by atoms with Gasteiger partial charge in [-0.2, -0.15) is 0 Å². The highest BCUT2D eigenvalue weighted by Gasteiger charge is 2.09. The highest BCUT2D eigenvalue weighted by Crippen LogP contribution is 2.17. The van der Waals surface area contributed by atoms with Crippen molar-refractivity contribution in [3.63, 3.8) is 0 Å². The summed E-state index contributed by atoms with van der Waals surface area (Å²) in [6, 6.07) is 6.04. The number of nitrogens with one attached hydrogen (secondary N) is 1. The molecule has 2 rings (SSSR count). The minimum atomic E-state index is 0.173. The van der Waals surface area contributed by atoms with Crippen LogP contribution in [0.1, 0.15) is 19.8 Å². The lowest BCUT2D eigenvalue weighted by molar-refractivity contribution is 0.240. The summed E-state index contributed by atoms with van der Waals surface area (Å²) in [7, 11) is 0. The van der Waals surface area contributed by atoms with E-state index in [4.69, 9.17) is 0 Å². The third-order valence-corrected chi connectivity index (χ3v) is 3.86. The van der Waals surface area contributed by atoms with Gasteiger partial charge in [0.1, 0.15) is 0 Å². The van der Waals surface area contributed by atoms with Crippen molar-refractivity contribution in [1.29, 1.82) is 0 Å². The van der Waals surface area contributed by atoms with Gasteiger partial charge in [0.2, 0.25) is 0 Å². The number of aliphatic hydroxyl groups is 1. The molecule has 2 aromatic rings. The highest BCUT2D eigenvalue weighted by atomic mass is 32.2. The first-order valence-electron chi connectivity index (χ1n) is 6.62. The number of aromatic nitrogens is 3. The van der Waals surface area contributed by atoms with Crippen molar-refractivity contribution in [3.05, 3.63) is 24.4 Å². The topological polar surface area (TPSA) is 62.5 Å². The molecule has 0 amide bonds. The van der Waals surface area contributed by atoms with Crippen molar-refractivity contribution in [2.24, 2.45) is 0 Å². The fraction of sp³-hybridized carbons (Fsp3) is 0.538. The average Bonchev–Trinajstić information content (AvgIpc) is 2.86. The molecule has 19 heavy (non-hydrogen) atoms. The fourth-order valence-corrected chi connectivity index (χ4v) is 2.79. The lowest BCUT2D eigenvalue weighted by Crippen LogP contribution is -2.33. The smallest absolute Gasteiger partial charge is 0.195 e. The lowest BCUT2D eigenvalue weighted by Gasteiger charge is -2.14. The van der Waals surface area contributed by atoms with E-state index >= 15 is 0 Å². The number of rotatable bonds is 8. The largest absolute Gasteiger partial charge is 0.395 e. The Morgan fingerprint density at radius 1 is 1.42 bits per heavy atom. The van der Waals surface area contributed by atoms with Crippen LogP contribution in [0.2, 0.25) is 0 Å². The molecule has 2 N–H and O–H groups in total. The Morgan fingerprint density at radius 3 is 3.11 bits per heavy atom. The summed E-state index contributed by atoms with van der Waals surface area (Å²) in [6.45, 7) is 3.25. The summed E-state index contributed by atoms with van der Waals surface area (Å²) >= 11 is 1.67. The monoisotopic (exact) mass is 280 g/mol. The van der Waals surface area contributed by atoms with E-state index in [1.807, 2.05) is 28.8 Å². The van der Waals surface area contributed by atoms with E-state index in [0.29, 0.717) is 0 Å². The van der Waals surface area contributed by atoms with Crippen LogP contribution in [0.4, 0.5) is 0 Å². The molecule has 0 saturated heterocycles. The van der Waals surface area contributed by atoms with Crippen LogP contribution >= 0.6 is 11.8 Å². The molecule has 5 nitrogen and oxygen atoms in total. The van der Waals surface area contributed by atoms with Gasteiger partial charge in [-0.05, 0) is 31.5 Å². The second-order valence-corrected chi connectivity index (χ2v) is 5.44. The van der Waals surface area contributed by atoms with E-state index in [1.165, 1.54) is 0 Å². The molecule has 6 heteroatoms. The number of thioether (sulfide) groups is 1. The molecular weight excluding hydrogens is 260 g/mol. The van der Waals surface area contributed by atoms with Gasteiger partial charge < -0.3 is 10.4 Å². The number of fused-ring (bicyclic) bond motifs is 1. The van der Waals surface area contributed by atoms with Crippen molar-refractivity contribution < 1.29 is 5.11 Å². The third kappa shape index (κ3) is 3.92. The summed E-state index contributed by atoms with van der Waals surface area (Å²) in [5.74, 6) is 0.914. The Kier molecular flexibility index (Phi) is 5.62. The van der Waals surface area contributed by atoms with Gasteiger partial charge in [0.15, 0.2) is 10.8 Å². The first-order valence-corrected chi connectivity index (χ1v) is 7.60. The van der Waals surface area contributed by atoms with E-state index in [1.54, 1.807) is 11.8 Å². The van der Waals surface area contributed by atoms with Gasteiger partial charge in [0.25, 0.3) is 0 Å². The van der Waals surface area contributed by atoms with Gasteiger partial charge >= 0.3 is 0 Å². The predicted molar refractivity (Wildman–Crippen MR) is 77.5 cm³/mol. The molecule has 0 aromatic carbocycles. The zero-order valence-electron chi connectivity index (χ0n) is 11.1. The minimum Gasteiger partial charge on any atom is -0.395 e.